The summed E-state index contributed by atoms with van der Waals surface area (Å²) in [6.45, 7) is 3.83. The van der Waals surface area contributed by atoms with Crippen LogP contribution in [0.3, 0.4) is 0 Å². The zero-order valence-electron chi connectivity index (χ0n) is 11.0. The number of hydrogen-bond donors (Lipinski definition) is 0. The molecule has 0 radical (unpaired) electrons. The van der Waals surface area contributed by atoms with Crippen LogP contribution in [0.5, 0.6) is 0 Å². The number of pyridine rings is 1. The van der Waals surface area contributed by atoms with E-state index in [0.717, 1.165) is 0 Å². The van der Waals surface area contributed by atoms with E-state index in [1.165, 1.54) is 6.20 Å². The molecule has 0 saturated heterocycles. The van der Waals surface area contributed by atoms with E-state index in [-0.39, 0.29) is 22.6 Å². The quantitative estimate of drug-likeness (QED) is 0.464. The van der Waals surface area contributed by atoms with Crippen molar-refractivity contribution < 1.29 is 9.59 Å². The van der Waals surface area contributed by atoms with Gasteiger partial charge in [-0.1, -0.05) is 13.8 Å². The van der Waals surface area contributed by atoms with Crippen LogP contribution in [0.25, 0.3) is 0 Å². The fourth-order valence-electron chi connectivity index (χ4n) is 1.99. The maximum Gasteiger partial charge on any atom is 0.168 e. The summed E-state index contributed by atoms with van der Waals surface area (Å²) in [6.07, 6.45) is 5.20. The van der Waals surface area contributed by atoms with Gasteiger partial charge in [0.15, 0.2) is 11.6 Å². The smallest absolute Gasteiger partial charge is 0.168 e. The topological polar surface area (TPSA) is 71.8 Å². The Kier molecular flexibility index (Phi) is 3.64. The van der Waals surface area contributed by atoms with Crippen LogP contribution in [0.4, 0.5) is 5.69 Å². The lowest BCUT2D eigenvalue weighted by atomic mass is 9.74. The first-order valence-electron chi connectivity index (χ1n) is 6.05. The number of nitrogens with zero attached hydrogens (tertiary/aromatic N) is 3. The van der Waals surface area contributed by atoms with Crippen molar-refractivity contribution in [1.82, 2.24) is 4.98 Å². The third-order valence-electron chi connectivity index (χ3n) is 2.90. The molecule has 1 fully saturated rings. The SMILES string of the molecule is CC1(C)CC(=O)C(=CN=Nc2ccncc2)C(=O)C1. The molecule has 1 aromatic heterocycles. The van der Waals surface area contributed by atoms with Crippen LogP contribution in [0, 0.1) is 5.41 Å². The first kappa shape index (κ1) is 13.3. The Morgan fingerprint density at radius 1 is 1.16 bits per heavy atom. The van der Waals surface area contributed by atoms with E-state index in [1.54, 1.807) is 24.5 Å². The third-order valence-corrected chi connectivity index (χ3v) is 2.90. The predicted molar refractivity (Wildman–Crippen MR) is 69.9 cm³/mol. The largest absolute Gasteiger partial charge is 0.294 e. The average Bonchev–Trinajstić information content (AvgIpc) is 2.32. The number of carbonyl (C=O) groups is 2. The van der Waals surface area contributed by atoms with Gasteiger partial charge in [0.05, 0.1) is 17.5 Å². The van der Waals surface area contributed by atoms with E-state index in [4.69, 9.17) is 0 Å². The second-order valence-corrected chi connectivity index (χ2v) is 5.33. The highest BCUT2D eigenvalue weighted by Gasteiger charge is 2.35. The van der Waals surface area contributed by atoms with E-state index in [0.29, 0.717) is 18.5 Å². The van der Waals surface area contributed by atoms with Crippen molar-refractivity contribution in [3.63, 3.8) is 0 Å². The maximum atomic E-state index is 11.9. The molecule has 1 aliphatic rings. The molecule has 1 aromatic rings. The second kappa shape index (κ2) is 5.22. The van der Waals surface area contributed by atoms with Crippen LogP contribution in [0.1, 0.15) is 26.7 Å². The van der Waals surface area contributed by atoms with Gasteiger partial charge in [0.1, 0.15) is 0 Å². The first-order chi connectivity index (χ1) is 8.98. The molecule has 0 aromatic carbocycles. The molecule has 98 valence electrons. The standard InChI is InChI=1S/C14H15N3O2/c1-14(2)7-12(18)11(13(19)8-14)9-16-17-10-3-5-15-6-4-10/h3-6,9H,7-8H2,1-2H3. The normalized spacial score (nSPS) is 18.9. The van der Waals surface area contributed by atoms with Crippen LogP contribution < -0.4 is 0 Å². The molecular formula is C14H15N3O2. The van der Waals surface area contributed by atoms with Gasteiger partial charge in [0.2, 0.25) is 0 Å². The number of rotatable bonds is 2. The Balaban J connectivity index is 2.14. The minimum Gasteiger partial charge on any atom is -0.294 e. The summed E-state index contributed by atoms with van der Waals surface area (Å²) in [5, 5.41) is 7.72. The van der Waals surface area contributed by atoms with E-state index in [9.17, 15) is 9.59 Å². The van der Waals surface area contributed by atoms with E-state index in [1.807, 2.05) is 13.8 Å². The maximum absolute atomic E-state index is 11.9. The van der Waals surface area contributed by atoms with Gasteiger partial charge in [0.25, 0.3) is 0 Å². The molecule has 0 N–H and O–H groups in total. The summed E-state index contributed by atoms with van der Waals surface area (Å²) in [5.41, 5.74) is 0.522. The minimum absolute atomic E-state index is 0.150. The summed E-state index contributed by atoms with van der Waals surface area (Å²) in [7, 11) is 0. The molecule has 1 aliphatic carbocycles. The predicted octanol–water partition coefficient (Wildman–Crippen LogP) is 3.01. The molecule has 5 nitrogen and oxygen atoms in total. The Labute approximate surface area is 111 Å². The van der Waals surface area contributed by atoms with Crippen LogP contribution in [-0.4, -0.2) is 16.6 Å². The summed E-state index contributed by atoms with van der Waals surface area (Å²) in [4.78, 5) is 27.6. The molecule has 0 unspecified atom stereocenters. The van der Waals surface area contributed by atoms with E-state index < -0.39 is 0 Å². The fourth-order valence-corrected chi connectivity index (χ4v) is 1.99. The zero-order valence-corrected chi connectivity index (χ0v) is 11.0. The second-order valence-electron chi connectivity index (χ2n) is 5.33. The highest BCUT2D eigenvalue weighted by atomic mass is 16.1. The van der Waals surface area contributed by atoms with Gasteiger partial charge in [0, 0.05) is 25.2 Å². The molecule has 5 heteroatoms. The van der Waals surface area contributed by atoms with Gasteiger partial charge >= 0.3 is 0 Å². The van der Waals surface area contributed by atoms with Gasteiger partial charge in [-0.15, -0.1) is 0 Å². The molecule has 1 heterocycles. The minimum atomic E-state index is -0.256. The summed E-state index contributed by atoms with van der Waals surface area (Å²) < 4.78 is 0. The van der Waals surface area contributed by atoms with Crippen molar-refractivity contribution in [3.8, 4) is 0 Å². The van der Waals surface area contributed by atoms with Gasteiger partial charge < -0.3 is 0 Å². The lowest BCUT2D eigenvalue weighted by Gasteiger charge is -2.27. The number of azo groups is 1. The van der Waals surface area contributed by atoms with Crippen LogP contribution in [0.2, 0.25) is 0 Å². The summed E-state index contributed by atoms with van der Waals surface area (Å²) in [6, 6.07) is 3.38. The monoisotopic (exact) mass is 257 g/mol. The van der Waals surface area contributed by atoms with E-state index in [2.05, 4.69) is 15.2 Å². The molecule has 19 heavy (non-hydrogen) atoms. The van der Waals surface area contributed by atoms with Gasteiger partial charge in [-0.3, -0.25) is 14.6 Å². The van der Waals surface area contributed by atoms with Crippen molar-refractivity contribution in [2.24, 2.45) is 15.6 Å². The Morgan fingerprint density at radius 3 is 2.32 bits per heavy atom. The number of allylic oxidation sites excluding steroid dienone is 1. The number of ketones is 2. The molecule has 0 atom stereocenters. The number of carbonyl (C=O) groups excluding carboxylic acids is 2. The van der Waals surface area contributed by atoms with E-state index >= 15 is 0 Å². The Hall–Kier alpha value is -2.17. The Bertz CT molecular complexity index is 537. The zero-order chi connectivity index (χ0) is 13.9. The highest BCUT2D eigenvalue weighted by molar-refractivity contribution is 6.22. The van der Waals surface area contributed by atoms with Crippen molar-refractivity contribution in [1.29, 1.82) is 0 Å². The first-order valence-corrected chi connectivity index (χ1v) is 6.05. The lowest BCUT2D eigenvalue weighted by molar-refractivity contribution is -0.127. The third kappa shape index (κ3) is 3.40. The van der Waals surface area contributed by atoms with Crippen LogP contribution in [-0.2, 0) is 9.59 Å². The summed E-state index contributed by atoms with van der Waals surface area (Å²) >= 11 is 0. The van der Waals surface area contributed by atoms with Gasteiger partial charge in [-0.2, -0.15) is 10.2 Å². The highest BCUT2D eigenvalue weighted by Crippen LogP contribution is 2.33. The fraction of sp³-hybridized carbons (Fsp3) is 0.357. The Morgan fingerprint density at radius 2 is 1.74 bits per heavy atom. The number of aromatic nitrogens is 1. The summed E-state index contributed by atoms with van der Waals surface area (Å²) in [5.74, 6) is -0.315. The molecule has 0 aliphatic heterocycles. The molecule has 0 spiro atoms. The van der Waals surface area contributed by atoms with Crippen LogP contribution >= 0.6 is 0 Å². The average molecular weight is 257 g/mol. The van der Waals surface area contributed by atoms with Crippen molar-refractivity contribution in [2.75, 3.05) is 0 Å². The van der Waals surface area contributed by atoms with Crippen LogP contribution in [0.15, 0.2) is 46.5 Å². The van der Waals surface area contributed by atoms with Crippen molar-refractivity contribution >= 4 is 17.3 Å². The molecule has 0 amide bonds. The number of Topliss-reactive ketones (excluding diaryl/α,β-unsaturated/α-hetero) is 2. The lowest BCUT2D eigenvalue weighted by Crippen LogP contribution is -2.31. The van der Waals surface area contributed by atoms with Gasteiger partial charge in [-0.05, 0) is 17.5 Å². The molecule has 1 saturated carbocycles. The molecular weight excluding hydrogens is 242 g/mol. The number of hydrogen-bond acceptors (Lipinski definition) is 5. The molecule has 2 rings (SSSR count). The van der Waals surface area contributed by atoms with Crippen molar-refractivity contribution in [3.05, 3.63) is 36.3 Å². The van der Waals surface area contributed by atoms with Gasteiger partial charge in [-0.25, -0.2) is 0 Å². The molecule has 0 bridgehead atoms. The van der Waals surface area contributed by atoms with Crippen molar-refractivity contribution in [2.45, 2.75) is 26.7 Å².